The quantitative estimate of drug-likeness (QED) is 0.0389. The van der Waals surface area contributed by atoms with Crippen molar-refractivity contribution in [1.29, 1.82) is 0 Å². The Labute approximate surface area is 415 Å². The molecule has 0 radical (unpaired) electrons. The van der Waals surface area contributed by atoms with Gasteiger partial charge in [-0.15, -0.1) is 6.42 Å². The number of carbonyl (C=O) groups is 4. The Morgan fingerprint density at radius 3 is 2.61 bits per heavy atom. The van der Waals surface area contributed by atoms with E-state index in [1.807, 2.05) is 12.1 Å². The highest BCUT2D eigenvalue weighted by Gasteiger charge is 2.51. The van der Waals surface area contributed by atoms with Crippen LogP contribution in [0.1, 0.15) is 79.3 Å². The van der Waals surface area contributed by atoms with Gasteiger partial charge in [-0.2, -0.15) is 9.97 Å². The monoisotopic (exact) mass is 981 g/mol. The van der Waals surface area contributed by atoms with Gasteiger partial charge >= 0.3 is 6.01 Å². The van der Waals surface area contributed by atoms with Crippen molar-refractivity contribution in [3.8, 4) is 35.4 Å². The molecular formula is C54H57F2N9O7. The molecule has 2 bridgehead atoms. The van der Waals surface area contributed by atoms with Crippen molar-refractivity contribution in [3.63, 3.8) is 0 Å². The lowest BCUT2D eigenvalue weighted by atomic mass is 9.94. The number of hydrogen-bond acceptors (Lipinski definition) is 13. The molecule has 5 saturated heterocycles. The number of methoxy groups -OCH3 is 1. The number of piperidine rings is 1. The van der Waals surface area contributed by atoms with Gasteiger partial charge in [0.05, 0.1) is 29.7 Å². The van der Waals surface area contributed by atoms with Gasteiger partial charge in [-0.25, -0.2) is 8.78 Å². The zero-order valence-corrected chi connectivity index (χ0v) is 40.2. The predicted molar refractivity (Wildman–Crippen MR) is 265 cm³/mol. The highest BCUT2D eigenvalue weighted by Crippen LogP contribution is 2.45. The van der Waals surface area contributed by atoms with Crippen molar-refractivity contribution in [2.24, 2.45) is 0 Å². The SMILES string of the molecule is C#Cc1c(F)ccc2cccc(-c3ncc4c(N5CC6CCC(C5)N6)nc(OCC56CCC(COC)N5CC(=C)C6)nc4c3F)c12.O=CNCCCCOc1ccc2c(c1)CN(C1CCC(=O)NC1=O)C2=O. The second-order valence-corrected chi connectivity index (χ2v) is 19.6. The van der Waals surface area contributed by atoms with Gasteiger partial charge in [0.15, 0.2) is 5.82 Å². The van der Waals surface area contributed by atoms with Crippen LogP contribution in [0.15, 0.2) is 66.9 Å². The van der Waals surface area contributed by atoms with Gasteiger partial charge in [0, 0.05) is 87.1 Å². The summed E-state index contributed by atoms with van der Waals surface area (Å²) in [5.74, 6) is 1.66. The van der Waals surface area contributed by atoms with Gasteiger partial charge < -0.3 is 34.6 Å². The molecule has 6 aliphatic rings. The molecule has 72 heavy (non-hydrogen) atoms. The molecule has 5 unspecified atom stereocenters. The topological polar surface area (TPSA) is 180 Å². The molecule has 5 atom stereocenters. The van der Waals surface area contributed by atoms with Crippen molar-refractivity contribution < 1.29 is 42.2 Å². The maximum atomic E-state index is 16.8. The minimum absolute atomic E-state index is 0.0474. The van der Waals surface area contributed by atoms with E-state index in [0.717, 1.165) is 70.1 Å². The predicted octanol–water partition coefficient (Wildman–Crippen LogP) is 5.59. The summed E-state index contributed by atoms with van der Waals surface area (Å²) in [6.07, 6.45) is 15.2. The molecule has 0 aliphatic carbocycles. The number of terminal acetylenes is 1. The first-order valence-electron chi connectivity index (χ1n) is 24.7. The molecule has 11 rings (SSSR count). The summed E-state index contributed by atoms with van der Waals surface area (Å²) in [5.41, 5.74) is 2.96. The Bertz CT molecular complexity index is 3010. The van der Waals surface area contributed by atoms with E-state index in [4.69, 9.17) is 25.6 Å². The van der Waals surface area contributed by atoms with Crippen LogP contribution in [-0.2, 0) is 25.7 Å². The molecule has 0 spiro atoms. The van der Waals surface area contributed by atoms with Crippen molar-refractivity contribution in [3.05, 3.63) is 95.2 Å². The molecule has 5 fully saturated rings. The smallest absolute Gasteiger partial charge is 0.319 e. The number of halogens is 2. The maximum Gasteiger partial charge on any atom is 0.319 e. The highest BCUT2D eigenvalue weighted by atomic mass is 19.1. The number of unbranched alkanes of at least 4 members (excludes halogenated alkanes) is 1. The molecule has 4 amide bonds. The number of nitrogens with zero attached hydrogens (tertiary/aromatic N) is 6. The highest BCUT2D eigenvalue weighted by molar-refractivity contribution is 6.05. The fourth-order valence-electron chi connectivity index (χ4n) is 11.5. The summed E-state index contributed by atoms with van der Waals surface area (Å²) in [7, 11) is 1.73. The third-order valence-electron chi connectivity index (χ3n) is 14.9. The first-order valence-corrected chi connectivity index (χ1v) is 24.7. The Morgan fingerprint density at radius 1 is 1.00 bits per heavy atom. The number of rotatable bonds is 15. The van der Waals surface area contributed by atoms with Crippen molar-refractivity contribution in [1.82, 2.24) is 40.7 Å². The molecule has 5 aromatic rings. The van der Waals surface area contributed by atoms with E-state index in [9.17, 15) is 23.6 Å². The molecule has 8 heterocycles. The van der Waals surface area contributed by atoms with Crippen LogP contribution in [0, 0.1) is 24.0 Å². The molecule has 374 valence electrons. The summed E-state index contributed by atoms with van der Waals surface area (Å²) >= 11 is 0. The third-order valence-corrected chi connectivity index (χ3v) is 14.9. The number of imide groups is 1. The van der Waals surface area contributed by atoms with Gasteiger partial charge in [0.2, 0.25) is 18.2 Å². The lowest BCUT2D eigenvalue weighted by Crippen LogP contribution is -2.52. The molecule has 2 aromatic heterocycles. The van der Waals surface area contributed by atoms with E-state index in [1.165, 1.54) is 16.5 Å². The molecule has 6 aliphatic heterocycles. The summed E-state index contributed by atoms with van der Waals surface area (Å²) in [4.78, 5) is 66.4. The second kappa shape index (κ2) is 20.6. The van der Waals surface area contributed by atoms with Crippen molar-refractivity contribution in [2.75, 3.05) is 58.0 Å². The minimum Gasteiger partial charge on any atom is -0.494 e. The number of anilines is 1. The standard InChI is InChI=1S/C36H36F2N6O2.C18H21N3O5/c1-4-26-29(37)11-8-22-6-5-7-27(30(22)26)32-31(38)33-28(15-39-32)34(43-17-23-9-10-24(18-43)40-23)42-35(41-33)46-20-36-13-12-25(19-45-3)44(36)16-21(2)14-36;22-11-19-7-1-2-8-26-13-3-4-14-12(9-13)10-21(18(14)25)15-5-6-16(23)20-17(15)24/h1,5-8,11,15,23-25,40H,2,9-10,12-14,16-20H2,3H3;3-4,9,11,15H,1-2,5-8,10H2,(H,19,22)(H,20,23,24). The van der Waals surface area contributed by atoms with Gasteiger partial charge in [-0.1, -0.05) is 42.3 Å². The second-order valence-electron chi connectivity index (χ2n) is 19.6. The number of amides is 4. The van der Waals surface area contributed by atoms with Crippen LogP contribution in [-0.4, -0.2) is 132 Å². The molecule has 18 heteroatoms. The van der Waals surface area contributed by atoms with Crippen LogP contribution in [0.4, 0.5) is 14.6 Å². The van der Waals surface area contributed by atoms with E-state index >= 15 is 4.39 Å². The average Bonchev–Trinajstić information content (AvgIpc) is 4.10. The van der Waals surface area contributed by atoms with E-state index in [0.29, 0.717) is 103 Å². The fourth-order valence-corrected chi connectivity index (χ4v) is 11.5. The van der Waals surface area contributed by atoms with Crippen LogP contribution < -0.4 is 30.3 Å². The summed E-state index contributed by atoms with van der Waals surface area (Å²) in [6, 6.07) is 14.1. The normalized spacial score (nSPS) is 23.4. The van der Waals surface area contributed by atoms with Gasteiger partial charge in [-0.05, 0) is 86.6 Å². The van der Waals surface area contributed by atoms with E-state index in [2.05, 4.69) is 48.2 Å². The summed E-state index contributed by atoms with van der Waals surface area (Å²) < 4.78 is 49.3. The van der Waals surface area contributed by atoms with E-state index in [1.54, 1.807) is 43.6 Å². The fraction of sp³-hybridized carbons (Fsp3) is 0.426. The first-order chi connectivity index (χ1) is 35.0. The molecule has 3 N–H and O–H groups in total. The van der Waals surface area contributed by atoms with Crippen LogP contribution >= 0.6 is 0 Å². The van der Waals surface area contributed by atoms with Crippen LogP contribution in [0.5, 0.6) is 11.8 Å². The average molecular weight is 982 g/mol. The van der Waals surface area contributed by atoms with Gasteiger partial charge in [0.1, 0.15) is 41.2 Å². The first kappa shape index (κ1) is 48.6. The van der Waals surface area contributed by atoms with E-state index in [-0.39, 0.29) is 46.6 Å². The van der Waals surface area contributed by atoms with Crippen LogP contribution in [0.2, 0.25) is 0 Å². The Hall–Kier alpha value is -7.07. The Kier molecular flexibility index (Phi) is 13.9. The summed E-state index contributed by atoms with van der Waals surface area (Å²) in [5, 5.41) is 10.2. The number of pyridine rings is 1. The number of benzene rings is 3. The lowest BCUT2D eigenvalue weighted by Gasteiger charge is -2.35. The van der Waals surface area contributed by atoms with Crippen LogP contribution in [0.3, 0.4) is 0 Å². The number of nitrogens with one attached hydrogen (secondary N) is 3. The zero-order valence-electron chi connectivity index (χ0n) is 40.2. The van der Waals surface area contributed by atoms with Gasteiger partial charge in [-0.3, -0.25) is 34.4 Å². The number of hydrogen-bond donors (Lipinski definition) is 3. The van der Waals surface area contributed by atoms with Crippen molar-refractivity contribution >= 4 is 51.6 Å². The number of ether oxygens (including phenoxy) is 3. The molecular weight excluding hydrogens is 925 g/mol. The minimum atomic E-state index is -0.626. The maximum absolute atomic E-state index is 16.8. The zero-order chi connectivity index (χ0) is 50.1. The molecule has 0 saturated carbocycles. The number of carbonyl (C=O) groups excluding carboxylic acids is 4. The summed E-state index contributed by atoms with van der Waals surface area (Å²) in [6.45, 7) is 9.06. The number of piperazine rings is 1. The molecule has 16 nitrogen and oxygen atoms in total. The van der Waals surface area contributed by atoms with Crippen molar-refractivity contribution in [2.45, 2.75) is 94.0 Å². The lowest BCUT2D eigenvalue weighted by molar-refractivity contribution is -0.137. The van der Waals surface area contributed by atoms with Crippen LogP contribution in [0.25, 0.3) is 32.9 Å². The largest absolute Gasteiger partial charge is 0.494 e. The number of aromatic nitrogens is 3. The number of fused-ring (bicyclic) bond motifs is 6. The van der Waals surface area contributed by atoms with Gasteiger partial charge in [0.25, 0.3) is 5.91 Å². The van der Waals surface area contributed by atoms with E-state index < -0.39 is 23.6 Å². The Morgan fingerprint density at radius 2 is 1.83 bits per heavy atom. The third kappa shape index (κ3) is 9.44. The Balaban J connectivity index is 0.000000195. The molecule has 3 aromatic carbocycles.